The van der Waals surface area contributed by atoms with Crippen LogP contribution in [0.5, 0.6) is 0 Å². The zero-order valence-corrected chi connectivity index (χ0v) is 23.2. The molecule has 3 N–H and O–H groups in total. The van der Waals surface area contributed by atoms with Crippen LogP contribution in [-0.4, -0.2) is 49.4 Å². The topological polar surface area (TPSA) is 147 Å². The summed E-state index contributed by atoms with van der Waals surface area (Å²) in [6.45, 7) is 2.61. The van der Waals surface area contributed by atoms with Crippen LogP contribution in [0.1, 0.15) is 60.1 Å². The Labute approximate surface area is 241 Å². The van der Waals surface area contributed by atoms with Crippen molar-refractivity contribution >= 4 is 35.2 Å². The summed E-state index contributed by atoms with van der Waals surface area (Å²) < 4.78 is 7.12. The lowest BCUT2D eigenvalue weighted by atomic mass is 9.81. The van der Waals surface area contributed by atoms with Gasteiger partial charge in [0.2, 0.25) is 5.91 Å². The Morgan fingerprint density at radius 2 is 1.79 bits per heavy atom. The van der Waals surface area contributed by atoms with Crippen LogP contribution in [0.3, 0.4) is 0 Å². The first-order chi connectivity index (χ1) is 20.3. The third kappa shape index (κ3) is 4.56. The van der Waals surface area contributed by atoms with E-state index in [-0.39, 0.29) is 47.2 Å². The summed E-state index contributed by atoms with van der Waals surface area (Å²) in [6.07, 6.45) is 4.99. The fourth-order valence-corrected chi connectivity index (χ4v) is 6.28. The first-order valence-electron chi connectivity index (χ1n) is 14.2. The molecule has 1 aromatic carbocycles. The zero-order chi connectivity index (χ0) is 29.1. The Morgan fingerprint density at radius 3 is 2.52 bits per heavy atom. The molecule has 0 bridgehead atoms. The second kappa shape index (κ2) is 9.68. The second-order valence-corrected chi connectivity index (χ2v) is 11.7. The van der Waals surface area contributed by atoms with Gasteiger partial charge in [0.1, 0.15) is 41.6 Å². The third-order valence-corrected chi connectivity index (χ3v) is 8.86. The van der Waals surface area contributed by atoms with Crippen molar-refractivity contribution in [2.24, 2.45) is 5.92 Å². The molecule has 2 spiro atoms. The molecule has 3 amide bonds. The molecule has 0 radical (unpaired) electrons. The minimum absolute atomic E-state index is 0.0268. The maximum Gasteiger partial charge on any atom is 0.410 e. The van der Waals surface area contributed by atoms with Gasteiger partial charge in [-0.3, -0.25) is 23.9 Å². The molecular formula is C30H31N7O5. The van der Waals surface area contributed by atoms with Crippen molar-refractivity contribution in [2.45, 2.75) is 63.3 Å². The van der Waals surface area contributed by atoms with E-state index in [1.54, 1.807) is 28.5 Å². The number of pyridine rings is 1. The van der Waals surface area contributed by atoms with Crippen molar-refractivity contribution in [3.8, 4) is 0 Å². The van der Waals surface area contributed by atoms with Crippen LogP contribution in [0, 0.1) is 12.8 Å². The van der Waals surface area contributed by atoms with Gasteiger partial charge in [0.25, 0.3) is 11.5 Å². The highest BCUT2D eigenvalue weighted by Gasteiger charge is 2.61. The predicted molar refractivity (Wildman–Crippen MR) is 152 cm³/mol. The van der Waals surface area contributed by atoms with Crippen molar-refractivity contribution in [1.82, 2.24) is 24.8 Å². The maximum atomic E-state index is 13.9. The summed E-state index contributed by atoms with van der Waals surface area (Å²) in [6, 6.07) is 12.8. The Hall–Kier alpha value is -4.74. The molecule has 216 valence electrons. The van der Waals surface area contributed by atoms with E-state index in [1.165, 1.54) is 6.33 Å². The number of carbonyl (C=O) groups is 3. The lowest BCUT2D eigenvalue weighted by Gasteiger charge is -2.38. The highest BCUT2D eigenvalue weighted by molar-refractivity contribution is 5.97. The van der Waals surface area contributed by atoms with Gasteiger partial charge in [-0.1, -0.05) is 30.3 Å². The van der Waals surface area contributed by atoms with Crippen molar-refractivity contribution in [3.63, 3.8) is 0 Å². The Kier molecular flexibility index (Phi) is 6.03. The van der Waals surface area contributed by atoms with Crippen molar-refractivity contribution in [1.29, 1.82) is 0 Å². The maximum absolute atomic E-state index is 13.9. The SMILES string of the molecule is Cc1cc(Nc2cc(NC(=O)C3CC3)ncn2)c(=O)n2c1C(=O)NC21CCC2(CC1)CN2C(=O)OCc1ccccc1. The van der Waals surface area contributed by atoms with Crippen LogP contribution in [-0.2, 0) is 21.8 Å². The minimum Gasteiger partial charge on any atom is -0.445 e. The number of nitrogens with one attached hydrogen (secondary N) is 3. The number of fused-ring (bicyclic) bond motifs is 2. The van der Waals surface area contributed by atoms with Gasteiger partial charge in [-0.05, 0) is 62.6 Å². The number of carbonyl (C=O) groups excluding carboxylic acids is 3. The molecule has 2 aromatic heterocycles. The van der Waals surface area contributed by atoms with Crippen LogP contribution in [0.4, 0.5) is 22.1 Å². The van der Waals surface area contributed by atoms with E-state index >= 15 is 0 Å². The van der Waals surface area contributed by atoms with Gasteiger partial charge in [-0.15, -0.1) is 0 Å². The monoisotopic (exact) mass is 569 g/mol. The Bertz CT molecular complexity index is 1660. The normalized spacial score (nSPS) is 23.8. The van der Waals surface area contributed by atoms with E-state index in [1.807, 2.05) is 30.3 Å². The summed E-state index contributed by atoms with van der Waals surface area (Å²) in [5, 5.41) is 8.96. The molecule has 12 nitrogen and oxygen atoms in total. The van der Waals surface area contributed by atoms with Gasteiger partial charge in [-0.25, -0.2) is 14.8 Å². The highest BCUT2D eigenvalue weighted by atomic mass is 16.6. The molecule has 12 heteroatoms. The smallest absolute Gasteiger partial charge is 0.410 e. The fraction of sp³-hybridized carbons (Fsp3) is 0.400. The van der Waals surface area contributed by atoms with Gasteiger partial charge in [0, 0.05) is 18.5 Å². The fourth-order valence-electron chi connectivity index (χ4n) is 6.28. The van der Waals surface area contributed by atoms with E-state index in [0.717, 1.165) is 18.4 Å². The number of amides is 3. The van der Waals surface area contributed by atoms with Crippen LogP contribution in [0.2, 0.25) is 0 Å². The lowest BCUT2D eigenvalue weighted by Crippen LogP contribution is -2.51. The van der Waals surface area contributed by atoms with Crippen LogP contribution < -0.4 is 21.5 Å². The zero-order valence-electron chi connectivity index (χ0n) is 23.2. The molecule has 3 fully saturated rings. The molecule has 3 aromatic rings. The molecule has 2 saturated carbocycles. The van der Waals surface area contributed by atoms with Gasteiger partial charge in [-0.2, -0.15) is 0 Å². The van der Waals surface area contributed by atoms with E-state index in [4.69, 9.17) is 4.74 Å². The molecule has 2 aliphatic carbocycles. The van der Waals surface area contributed by atoms with Gasteiger partial charge < -0.3 is 20.7 Å². The molecule has 4 aliphatic rings. The number of benzene rings is 1. The van der Waals surface area contributed by atoms with Gasteiger partial charge in [0.05, 0.1) is 5.54 Å². The van der Waals surface area contributed by atoms with Crippen molar-refractivity contribution < 1.29 is 19.1 Å². The number of hydrogen-bond donors (Lipinski definition) is 3. The average molecular weight is 570 g/mol. The number of nitrogens with zero attached hydrogens (tertiary/aromatic N) is 4. The van der Waals surface area contributed by atoms with E-state index in [0.29, 0.717) is 55.1 Å². The summed E-state index contributed by atoms with van der Waals surface area (Å²) in [4.78, 5) is 62.0. The second-order valence-electron chi connectivity index (χ2n) is 11.7. The lowest BCUT2D eigenvalue weighted by molar-refractivity contribution is -0.117. The molecule has 7 rings (SSSR count). The Balaban J connectivity index is 1.08. The molecule has 2 aliphatic heterocycles. The first kappa shape index (κ1) is 26.2. The molecule has 42 heavy (non-hydrogen) atoms. The van der Waals surface area contributed by atoms with E-state index in [2.05, 4.69) is 25.9 Å². The molecule has 0 atom stereocenters. The van der Waals surface area contributed by atoms with Crippen LogP contribution >= 0.6 is 0 Å². The number of anilines is 3. The summed E-state index contributed by atoms with van der Waals surface area (Å²) in [5.41, 5.74) is 0.648. The molecule has 4 heterocycles. The highest BCUT2D eigenvalue weighted by Crippen LogP contribution is 2.50. The average Bonchev–Trinajstić information content (AvgIpc) is 3.91. The quantitative estimate of drug-likeness (QED) is 0.383. The standard InChI is InChI=1S/C30H31N7O5/c1-18-13-21(33-22-14-23(32-17-31-22)34-25(38)20-7-8-20)27(40)37-24(18)26(39)35-30(37)11-9-29(10-12-30)16-36(29)28(41)42-15-19-5-3-2-4-6-19/h2-6,13-14,17,20H,7-12,15-16H2,1H3,(H,35,39)(H2,31,32,33,34,38). The number of ether oxygens (including phenoxy) is 1. The van der Waals surface area contributed by atoms with Crippen LogP contribution in [0.25, 0.3) is 0 Å². The summed E-state index contributed by atoms with van der Waals surface area (Å²) in [7, 11) is 0. The molecule has 1 saturated heterocycles. The third-order valence-electron chi connectivity index (χ3n) is 8.86. The minimum atomic E-state index is -0.880. The van der Waals surface area contributed by atoms with Crippen LogP contribution in [0.15, 0.2) is 53.6 Å². The van der Waals surface area contributed by atoms with Gasteiger partial charge in [0.15, 0.2) is 0 Å². The molecule has 0 unspecified atom stereocenters. The molecular weight excluding hydrogens is 538 g/mol. The van der Waals surface area contributed by atoms with Crippen molar-refractivity contribution in [3.05, 3.63) is 76.0 Å². The summed E-state index contributed by atoms with van der Waals surface area (Å²) >= 11 is 0. The number of aromatic nitrogens is 3. The first-order valence-corrected chi connectivity index (χ1v) is 14.2. The van der Waals surface area contributed by atoms with E-state index < -0.39 is 5.66 Å². The largest absolute Gasteiger partial charge is 0.445 e. The number of aryl methyl sites for hydroxylation is 1. The Morgan fingerprint density at radius 1 is 1.05 bits per heavy atom. The van der Waals surface area contributed by atoms with Crippen molar-refractivity contribution in [2.75, 3.05) is 17.2 Å². The van der Waals surface area contributed by atoms with E-state index in [9.17, 15) is 19.2 Å². The predicted octanol–water partition coefficient (Wildman–Crippen LogP) is 3.40. The summed E-state index contributed by atoms with van der Waals surface area (Å²) in [5.74, 6) is 0.371. The van der Waals surface area contributed by atoms with Gasteiger partial charge >= 0.3 is 6.09 Å². The number of hydrogen-bond acceptors (Lipinski definition) is 8. The number of rotatable bonds is 6.